The Morgan fingerprint density at radius 1 is 1.35 bits per heavy atom. The number of rotatable bonds is 6. The molecule has 1 rings (SSSR count). The zero-order valence-corrected chi connectivity index (χ0v) is 11.2. The number of benzene rings is 1. The van der Waals surface area contributed by atoms with Gasteiger partial charge in [-0.05, 0) is 30.4 Å². The van der Waals surface area contributed by atoms with E-state index in [2.05, 4.69) is 20.8 Å². The van der Waals surface area contributed by atoms with Gasteiger partial charge < -0.3 is 4.74 Å². The molecule has 0 radical (unpaired) electrons. The number of ether oxygens (including phenoxy) is 1. The van der Waals surface area contributed by atoms with Gasteiger partial charge in [0.15, 0.2) is 5.78 Å². The Bertz CT molecular complexity index is 381. The molecule has 0 amide bonds. The van der Waals surface area contributed by atoms with Crippen molar-refractivity contribution >= 4 is 5.78 Å². The molecule has 0 N–H and O–H groups in total. The molecule has 0 fully saturated rings. The maximum absolute atomic E-state index is 12.0. The summed E-state index contributed by atoms with van der Waals surface area (Å²) < 4.78 is 5.30. The largest absolute Gasteiger partial charge is 0.496 e. The quantitative estimate of drug-likeness (QED) is 0.698. The molecule has 0 aliphatic heterocycles. The fourth-order valence-corrected chi connectivity index (χ4v) is 1.77. The molecule has 1 aromatic rings. The van der Waals surface area contributed by atoms with E-state index in [-0.39, 0.29) is 5.78 Å². The van der Waals surface area contributed by atoms with E-state index in [9.17, 15) is 4.79 Å². The number of carbonyl (C=O) groups is 1. The number of methoxy groups -OCH3 is 1. The average molecular weight is 234 g/mol. The Labute approximate surface area is 104 Å². The first-order chi connectivity index (χ1) is 8.08. The van der Waals surface area contributed by atoms with Crippen LogP contribution in [0.15, 0.2) is 18.2 Å². The van der Waals surface area contributed by atoms with Crippen molar-refractivity contribution in [3.63, 3.8) is 0 Å². The van der Waals surface area contributed by atoms with E-state index in [1.165, 1.54) is 0 Å². The zero-order chi connectivity index (χ0) is 12.8. The minimum Gasteiger partial charge on any atom is -0.496 e. The van der Waals surface area contributed by atoms with Crippen molar-refractivity contribution < 1.29 is 9.53 Å². The van der Waals surface area contributed by atoms with Crippen LogP contribution in [0.3, 0.4) is 0 Å². The third kappa shape index (κ3) is 3.88. The van der Waals surface area contributed by atoms with Crippen LogP contribution >= 0.6 is 0 Å². The number of hydrogen-bond acceptors (Lipinski definition) is 2. The molecule has 0 saturated heterocycles. The molecule has 0 spiro atoms. The van der Waals surface area contributed by atoms with E-state index in [4.69, 9.17) is 4.74 Å². The topological polar surface area (TPSA) is 26.3 Å². The molecule has 2 heteroatoms. The fraction of sp³-hybridized carbons (Fsp3) is 0.533. The Morgan fingerprint density at radius 3 is 2.59 bits per heavy atom. The summed E-state index contributed by atoms with van der Waals surface area (Å²) in [6.45, 7) is 6.35. The summed E-state index contributed by atoms with van der Waals surface area (Å²) in [5.74, 6) is 1.60. The maximum Gasteiger partial charge on any atom is 0.163 e. The molecule has 94 valence electrons. The molecule has 0 saturated carbocycles. The van der Waals surface area contributed by atoms with E-state index in [0.717, 1.165) is 29.7 Å². The number of aryl methyl sites for hydroxylation is 1. The SMILES string of the molecule is CCc1ccc(C(=O)CCC(C)C)cc1OC. The van der Waals surface area contributed by atoms with Gasteiger partial charge in [0, 0.05) is 12.0 Å². The third-order valence-corrected chi connectivity index (χ3v) is 2.94. The Morgan fingerprint density at radius 2 is 2.06 bits per heavy atom. The van der Waals surface area contributed by atoms with Crippen LogP contribution in [-0.4, -0.2) is 12.9 Å². The van der Waals surface area contributed by atoms with Crippen LogP contribution < -0.4 is 4.74 Å². The van der Waals surface area contributed by atoms with Crippen LogP contribution in [0.1, 0.15) is 49.5 Å². The number of Topliss-reactive ketones (excluding diaryl/α,β-unsaturated/α-hetero) is 1. The van der Waals surface area contributed by atoms with Crippen molar-refractivity contribution in [3.8, 4) is 5.75 Å². The average Bonchev–Trinajstić information content (AvgIpc) is 2.34. The second kappa shape index (κ2) is 6.43. The van der Waals surface area contributed by atoms with Gasteiger partial charge in [-0.2, -0.15) is 0 Å². The van der Waals surface area contributed by atoms with Crippen LogP contribution in [0.2, 0.25) is 0 Å². The van der Waals surface area contributed by atoms with E-state index >= 15 is 0 Å². The Kier molecular flexibility index (Phi) is 5.20. The third-order valence-electron chi connectivity index (χ3n) is 2.94. The van der Waals surface area contributed by atoms with Gasteiger partial charge in [-0.1, -0.05) is 32.9 Å². The van der Waals surface area contributed by atoms with E-state index in [0.29, 0.717) is 12.3 Å². The number of ketones is 1. The molecule has 17 heavy (non-hydrogen) atoms. The van der Waals surface area contributed by atoms with Crippen LogP contribution in [0.4, 0.5) is 0 Å². The lowest BCUT2D eigenvalue weighted by molar-refractivity contribution is 0.0975. The Hall–Kier alpha value is -1.31. The van der Waals surface area contributed by atoms with Gasteiger partial charge in [-0.3, -0.25) is 4.79 Å². The lowest BCUT2D eigenvalue weighted by Crippen LogP contribution is -2.02. The first-order valence-corrected chi connectivity index (χ1v) is 6.28. The molecule has 0 atom stereocenters. The lowest BCUT2D eigenvalue weighted by atomic mass is 9.99. The standard InChI is InChI=1S/C15H22O2/c1-5-12-7-8-13(10-15(12)17-4)14(16)9-6-11(2)3/h7-8,10-11H,5-6,9H2,1-4H3. The number of carbonyl (C=O) groups excluding carboxylic acids is 1. The summed E-state index contributed by atoms with van der Waals surface area (Å²) in [6, 6.07) is 5.76. The predicted molar refractivity (Wildman–Crippen MR) is 70.8 cm³/mol. The highest BCUT2D eigenvalue weighted by Gasteiger charge is 2.10. The molecule has 2 nitrogen and oxygen atoms in total. The summed E-state index contributed by atoms with van der Waals surface area (Å²) in [4.78, 5) is 12.0. The molecule has 1 aromatic carbocycles. The summed E-state index contributed by atoms with van der Waals surface area (Å²) >= 11 is 0. The maximum atomic E-state index is 12.0. The fourth-order valence-electron chi connectivity index (χ4n) is 1.77. The van der Waals surface area contributed by atoms with Crippen molar-refractivity contribution in [2.75, 3.05) is 7.11 Å². The molecular weight excluding hydrogens is 212 g/mol. The highest BCUT2D eigenvalue weighted by Crippen LogP contribution is 2.22. The molecule has 0 bridgehead atoms. The predicted octanol–water partition coefficient (Wildman–Crippen LogP) is 3.88. The van der Waals surface area contributed by atoms with Gasteiger partial charge in [0.05, 0.1) is 7.11 Å². The highest BCUT2D eigenvalue weighted by atomic mass is 16.5. The monoisotopic (exact) mass is 234 g/mol. The van der Waals surface area contributed by atoms with Crippen LogP contribution in [-0.2, 0) is 6.42 Å². The molecule has 0 aromatic heterocycles. The van der Waals surface area contributed by atoms with E-state index in [1.807, 2.05) is 18.2 Å². The van der Waals surface area contributed by atoms with Gasteiger partial charge in [-0.15, -0.1) is 0 Å². The minimum absolute atomic E-state index is 0.208. The van der Waals surface area contributed by atoms with Crippen LogP contribution in [0.25, 0.3) is 0 Å². The summed E-state index contributed by atoms with van der Waals surface area (Å²) in [6.07, 6.45) is 2.48. The van der Waals surface area contributed by atoms with Gasteiger partial charge >= 0.3 is 0 Å². The smallest absolute Gasteiger partial charge is 0.163 e. The first-order valence-electron chi connectivity index (χ1n) is 6.28. The molecule has 0 unspecified atom stereocenters. The van der Waals surface area contributed by atoms with Crippen LogP contribution in [0, 0.1) is 5.92 Å². The van der Waals surface area contributed by atoms with Crippen molar-refractivity contribution in [3.05, 3.63) is 29.3 Å². The Balaban J connectivity index is 2.81. The van der Waals surface area contributed by atoms with Crippen molar-refractivity contribution in [2.24, 2.45) is 5.92 Å². The summed E-state index contributed by atoms with van der Waals surface area (Å²) in [5.41, 5.74) is 1.91. The normalized spacial score (nSPS) is 10.6. The second-order valence-corrected chi connectivity index (χ2v) is 4.74. The minimum atomic E-state index is 0.208. The van der Waals surface area contributed by atoms with Gasteiger partial charge in [0.2, 0.25) is 0 Å². The van der Waals surface area contributed by atoms with E-state index in [1.54, 1.807) is 7.11 Å². The molecular formula is C15H22O2. The van der Waals surface area contributed by atoms with E-state index < -0.39 is 0 Å². The molecule has 0 heterocycles. The van der Waals surface area contributed by atoms with Gasteiger partial charge in [0.25, 0.3) is 0 Å². The van der Waals surface area contributed by atoms with Crippen molar-refractivity contribution in [2.45, 2.75) is 40.0 Å². The summed E-state index contributed by atoms with van der Waals surface area (Å²) in [5, 5.41) is 0. The molecule has 0 aliphatic rings. The highest BCUT2D eigenvalue weighted by molar-refractivity contribution is 5.96. The van der Waals surface area contributed by atoms with Gasteiger partial charge in [-0.25, -0.2) is 0 Å². The number of hydrogen-bond donors (Lipinski definition) is 0. The lowest BCUT2D eigenvalue weighted by Gasteiger charge is -2.09. The van der Waals surface area contributed by atoms with Crippen LogP contribution in [0.5, 0.6) is 5.75 Å². The first kappa shape index (κ1) is 13.8. The molecule has 0 aliphatic carbocycles. The van der Waals surface area contributed by atoms with Gasteiger partial charge in [0.1, 0.15) is 5.75 Å². The summed E-state index contributed by atoms with van der Waals surface area (Å²) in [7, 11) is 1.65. The van der Waals surface area contributed by atoms with Crippen molar-refractivity contribution in [1.29, 1.82) is 0 Å². The van der Waals surface area contributed by atoms with Crippen molar-refractivity contribution in [1.82, 2.24) is 0 Å². The second-order valence-electron chi connectivity index (χ2n) is 4.74. The zero-order valence-electron chi connectivity index (χ0n) is 11.2.